The van der Waals surface area contributed by atoms with Gasteiger partial charge in [-0.3, -0.25) is 24.6 Å². The summed E-state index contributed by atoms with van der Waals surface area (Å²) in [7, 11) is 0. The van der Waals surface area contributed by atoms with Crippen LogP contribution in [0.3, 0.4) is 0 Å². The number of rotatable bonds is 4. The van der Waals surface area contributed by atoms with E-state index in [-0.39, 0.29) is 28.3 Å². The number of aliphatic hydroxyl groups is 1. The van der Waals surface area contributed by atoms with Gasteiger partial charge in [-0.2, -0.15) is 0 Å². The van der Waals surface area contributed by atoms with E-state index in [1.807, 2.05) is 0 Å². The molecule has 1 unspecified atom stereocenters. The van der Waals surface area contributed by atoms with Crippen molar-refractivity contribution in [1.82, 2.24) is 9.97 Å². The summed E-state index contributed by atoms with van der Waals surface area (Å²) in [4.78, 5) is 45.6. The van der Waals surface area contributed by atoms with Gasteiger partial charge in [0, 0.05) is 35.1 Å². The molecule has 1 fully saturated rings. The van der Waals surface area contributed by atoms with Gasteiger partial charge in [-0.1, -0.05) is 23.7 Å². The maximum absolute atomic E-state index is 12.9. The number of Topliss-reactive ketones (excluding diaryl/α,β-unsaturated/α-hetero) is 1. The molecule has 1 atom stereocenters. The fourth-order valence-corrected chi connectivity index (χ4v) is 3.47. The number of ketones is 1. The Hall–Kier alpha value is -4.11. The summed E-state index contributed by atoms with van der Waals surface area (Å²) in [5.41, 5.74) is 0.0343. The van der Waals surface area contributed by atoms with Crippen molar-refractivity contribution in [1.29, 1.82) is 0 Å². The molecule has 2 heterocycles. The summed E-state index contributed by atoms with van der Waals surface area (Å²) >= 11 is 5.90. The highest BCUT2D eigenvalue weighted by atomic mass is 35.5. The first-order valence-electron chi connectivity index (χ1n) is 8.97. The van der Waals surface area contributed by atoms with Crippen LogP contribution < -0.4 is 4.90 Å². The first-order valence-corrected chi connectivity index (χ1v) is 9.34. The Morgan fingerprint density at radius 2 is 1.74 bits per heavy atom. The second-order valence-corrected chi connectivity index (χ2v) is 7.01. The fraction of sp³-hybridized carbons (Fsp3) is 0.0476. The molecule has 1 N–H and O–H groups in total. The molecule has 1 aromatic heterocycles. The number of nitro benzene ring substituents is 1. The molecule has 9 nitrogen and oxygen atoms in total. The SMILES string of the molecule is O=C1C(=O)N(c2ncccn2)C(c2cccc([N+](=O)[O-])c2)C1=C(O)c1ccc(Cl)cc1. The van der Waals surface area contributed by atoms with E-state index in [1.165, 1.54) is 67.0 Å². The van der Waals surface area contributed by atoms with Crippen LogP contribution in [-0.4, -0.2) is 31.7 Å². The van der Waals surface area contributed by atoms with Crippen LogP contribution in [0.5, 0.6) is 0 Å². The first-order chi connectivity index (χ1) is 14.9. The molecule has 4 rings (SSSR count). The second-order valence-electron chi connectivity index (χ2n) is 6.58. The molecule has 1 aliphatic rings. The highest BCUT2D eigenvalue weighted by Gasteiger charge is 2.48. The van der Waals surface area contributed by atoms with Crippen LogP contribution in [-0.2, 0) is 9.59 Å². The smallest absolute Gasteiger partial charge is 0.302 e. The number of anilines is 1. The van der Waals surface area contributed by atoms with Crippen molar-refractivity contribution >= 4 is 40.7 Å². The monoisotopic (exact) mass is 436 g/mol. The highest BCUT2D eigenvalue weighted by Crippen LogP contribution is 2.41. The zero-order valence-corrected chi connectivity index (χ0v) is 16.4. The summed E-state index contributed by atoms with van der Waals surface area (Å²) in [6.07, 6.45) is 2.79. The lowest BCUT2D eigenvalue weighted by Gasteiger charge is -2.23. The van der Waals surface area contributed by atoms with Crippen LogP contribution in [0.4, 0.5) is 11.6 Å². The normalized spacial score (nSPS) is 17.7. The molecule has 0 aliphatic carbocycles. The minimum absolute atomic E-state index is 0.0729. The molecular weight excluding hydrogens is 424 g/mol. The van der Waals surface area contributed by atoms with Crippen molar-refractivity contribution < 1.29 is 19.6 Å². The van der Waals surface area contributed by atoms with Gasteiger partial charge in [0.1, 0.15) is 5.76 Å². The van der Waals surface area contributed by atoms with Crippen molar-refractivity contribution in [2.24, 2.45) is 0 Å². The van der Waals surface area contributed by atoms with E-state index >= 15 is 0 Å². The molecule has 1 amide bonds. The number of amides is 1. The molecule has 0 radical (unpaired) electrons. The molecule has 0 spiro atoms. The van der Waals surface area contributed by atoms with Gasteiger partial charge in [-0.15, -0.1) is 0 Å². The maximum Gasteiger partial charge on any atom is 0.302 e. The Morgan fingerprint density at radius 3 is 2.39 bits per heavy atom. The number of aromatic nitrogens is 2. The molecule has 1 aliphatic heterocycles. The summed E-state index contributed by atoms with van der Waals surface area (Å²) < 4.78 is 0. The number of hydrogen-bond donors (Lipinski definition) is 1. The zero-order valence-electron chi connectivity index (χ0n) is 15.7. The largest absolute Gasteiger partial charge is 0.507 e. The van der Waals surface area contributed by atoms with Crippen LogP contribution >= 0.6 is 11.6 Å². The van der Waals surface area contributed by atoms with Gasteiger partial charge in [-0.25, -0.2) is 9.97 Å². The minimum Gasteiger partial charge on any atom is -0.507 e. The van der Waals surface area contributed by atoms with Gasteiger partial charge >= 0.3 is 5.91 Å². The van der Waals surface area contributed by atoms with Crippen LogP contribution in [0.1, 0.15) is 17.2 Å². The summed E-state index contributed by atoms with van der Waals surface area (Å²) in [6, 6.07) is 11.9. The topological polar surface area (TPSA) is 127 Å². The Labute approximate surface area is 180 Å². The minimum atomic E-state index is -1.17. The maximum atomic E-state index is 12.9. The number of nitrogens with zero attached hydrogens (tertiary/aromatic N) is 4. The lowest BCUT2D eigenvalue weighted by molar-refractivity contribution is -0.384. The number of non-ortho nitro benzene ring substituents is 1. The van der Waals surface area contributed by atoms with Crippen molar-refractivity contribution in [3.05, 3.63) is 98.8 Å². The molecule has 0 bridgehead atoms. The summed E-state index contributed by atoms with van der Waals surface area (Å²) in [5.74, 6) is -2.43. The fourth-order valence-electron chi connectivity index (χ4n) is 3.34. The molecule has 10 heteroatoms. The Morgan fingerprint density at radius 1 is 1.06 bits per heavy atom. The van der Waals surface area contributed by atoms with Crippen LogP contribution in [0.2, 0.25) is 5.02 Å². The Kier molecular flexibility index (Phi) is 5.18. The molecule has 31 heavy (non-hydrogen) atoms. The van der Waals surface area contributed by atoms with Crippen LogP contribution in [0.15, 0.2) is 72.6 Å². The van der Waals surface area contributed by atoms with Crippen molar-refractivity contribution in [2.75, 3.05) is 4.90 Å². The van der Waals surface area contributed by atoms with Gasteiger partial charge in [0.05, 0.1) is 16.5 Å². The molecule has 3 aromatic rings. The lowest BCUT2D eigenvalue weighted by Crippen LogP contribution is -2.31. The standard InChI is InChI=1S/C21H13ClN4O5/c22-14-7-5-12(6-8-14)18(27)16-17(13-3-1-4-15(11-13)26(30)31)25(20(29)19(16)28)21-23-9-2-10-24-21/h1-11,17,27H. The molecule has 0 saturated carbocycles. The summed E-state index contributed by atoms with van der Waals surface area (Å²) in [6.45, 7) is 0. The predicted molar refractivity (Wildman–Crippen MR) is 111 cm³/mol. The van der Waals surface area contributed by atoms with Crippen LogP contribution in [0, 0.1) is 10.1 Å². The average molecular weight is 437 g/mol. The predicted octanol–water partition coefficient (Wildman–Crippen LogP) is 3.66. The van der Waals surface area contributed by atoms with E-state index < -0.39 is 28.4 Å². The Bertz CT molecular complexity index is 1230. The van der Waals surface area contributed by atoms with Crippen molar-refractivity contribution in [3.8, 4) is 0 Å². The van der Waals surface area contributed by atoms with E-state index in [0.717, 1.165) is 4.90 Å². The number of halogens is 1. The van der Waals surface area contributed by atoms with E-state index in [4.69, 9.17) is 11.6 Å². The summed E-state index contributed by atoms with van der Waals surface area (Å²) in [5, 5.41) is 22.6. The first kappa shape index (κ1) is 20.2. The molecular formula is C21H13ClN4O5. The lowest BCUT2D eigenvalue weighted by atomic mass is 9.95. The second kappa shape index (κ2) is 7.96. The van der Waals surface area contributed by atoms with Crippen molar-refractivity contribution in [2.45, 2.75) is 6.04 Å². The highest BCUT2D eigenvalue weighted by molar-refractivity contribution is 6.51. The number of carbonyl (C=O) groups is 2. The Balaban J connectivity index is 1.96. The molecule has 2 aromatic carbocycles. The van der Waals surface area contributed by atoms with E-state index in [2.05, 4.69) is 9.97 Å². The van der Waals surface area contributed by atoms with Gasteiger partial charge in [0.2, 0.25) is 5.95 Å². The number of aliphatic hydroxyl groups excluding tert-OH is 1. The van der Waals surface area contributed by atoms with Gasteiger partial charge < -0.3 is 5.11 Å². The zero-order chi connectivity index (χ0) is 22.1. The molecule has 1 saturated heterocycles. The number of benzene rings is 2. The van der Waals surface area contributed by atoms with Gasteiger partial charge in [0.25, 0.3) is 11.5 Å². The van der Waals surface area contributed by atoms with E-state index in [1.54, 1.807) is 0 Å². The van der Waals surface area contributed by atoms with Crippen LogP contribution in [0.25, 0.3) is 5.76 Å². The quantitative estimate of drug-likeness (QED) is 0.217. The van der Waals surface area contributed by atoms with E-state index in [0.29, 0.717) is 5.02 Å². The number of hydrogen-bond acceptors (Lipinski definition) is 7. The number of carbonyl (C=O) groups excluding carboxylic acids is 2. The van der Waals surface area contributed by atoms with Gasteiger partial charge in [-0.05, 0) is 35.9 Å². The third kappa shape index (κ3) is 3.62. The van der Waals surface area contributed by atoms with E-state index in [9.17, 15) is 24.8 Å². The van der Waals surface area contributed by atoms with Crippen molar-refractivity contribution in [3.63, 3.8) is 0 Å². The van der Waals surface area contributed by atoms with Gasteiger partial charge in [0.15, 0.2) is 0 Å². The molecule has 154 valence electrons. The average Bonchev–Trinajstić information content (AvgIpc) is 3.05. The third-order valence-electron chi connectivity index (χ3n) is 4.73. The third-order valence-corrected chi connectivity index (χ3v) is 4.98. The number of nitro groups is 1.